The van der Waals surface area contributed by atoms with Gasteiger partial charge in [0.25, 0.3) is 0 Å². The van der Waals surface area contributed by atoms with Crippen LogP contribution in [0.3, 0.4) is 0 Å². The largest absolute Gasteiger partial charge is 0.478 e. The fourth-order valence-corrected chi connectivity index (χ4v) is 3.11. The number of piperidine rings is 1. The molecule has 0 radical (unpaired) electrons. The smallest absolute Gasteiger partial charge is 0.337 e. The van der Waals surface area contributed by atoms with E-state index in [9.17, 15) is 9.90 Å². The molecule has 2 aromatic rings. The molecule has 21 heavy (non-hydrogen) atoms. The Labute approximate surface area is 124 Å². The van der Waals surface area contributed by atoms with E-state index in [4.69, 9.17) is 0 Å². The monoisotopic (exact) mass is 281 g/mol. The minimum absolute atomic E-state index is 0.399. The summed E-state index contributed by atoms with van der Waals surface area (Å²) in [5.74, 6) is -0.268. The van der Waals surface area contributed by atoms with Gasteiger partial charge in [0.15, 0.2) is 0 Å². The predicted octanol–water partition coefficient (Wildman–Crippen LogP) is 3.77. The van der Waals surface area contributed by atoms with Crippen LogP contribution in [0.15, 0.2) is 54.6 Å². The number of nitrogens with zero attached hydrogens (tertiary/aromatic N) is 1. The summed E-state index contributed by atoms with van der Waals surface area (Å²) in [5, 5.41) is 9.30. The van der Waals surface area contributed by atoms with Gasteiger partial charge in [0, 0.05) is 13.1 Å². The van der Waals surface area contributed by atoms with Gasteiger partial charge < -0.3 is 10.0 Å². The lowest BCUT2D eigenvalue weighted by Gasteiger charge is -2.34. The first kappa shape index (κ1) is 13.7. The molecule has 0 aromatic heterocycles. The van der Waals surface area contributed by atoms with E-state index in [0.29, 0.717) is 11.5 Å². The Bertz CT molecular complexity index is 616. The van der Waals surface area contributed by atoms with Gasteiger partial charge in [-0.25, -0.2) is 4.79 Å². The molecular formula is C18H19NO2. The standard InChI is InChI=1S/C18H19NO2/c20-18(21)16-8-4-5-9-17(16)19-12-10-15(11-13-19)14-6-2-1-3-7-14/h1-9,15H,10-13H2,(H,20,21). The van der Waals surface area contributed by atoms with E-state index in [1.54, 1.807) is 12.1 Å². The van der Waals surface area contributed by atoms with Crippen molar-refractivity contribution >= 4 is 11.7 Å². The molecule has 0 bridgehead atoms. The van der Waals surface area contributed by atoms with Crippen LogP contribution in [0.2, 0.25) is 0 Å². The van der Waals surface area contributed by atoms with Crippen molar-refractivity contribution < 1.29 is 9.90 Å². The molecule has 1 saturated heterocycles. The van der Waals surface area contributed by atoms with Crippen LogP contribution in [0.1, 0.15) is 34.7 Å². The lowest BCUT2D eigenvalue weighted by Crippen LogP contribution is -2.33. The molecule has 3 nitrogen and oxygen atoms in total. The van der Waals surface area contributed by atoms with Crippen molar-refractivity contribution in [3.63, 3.8) is 0 Å². The van der Waals surface area contributed by atoms with Crippen LogP contribution in [0.5, 0.6) is 0 Å². The zero-order valence-corrected chi connectivity index (χ0v) is 11.9. The van der Waals surface area contributed by atoms with Crippen LogP contribution < -0.4 is 4.90 Å². The molecule has 0 unspecified atom stereocenters. The van der Waals surface area contributed by atoms with Crippen molar-refractivity contribution in [2.75, 3.05) is 18.0 Å². The Morgan fingerprint density at radius 3 is 2.24 bits per heavy atom. The predicted molar refractivity (Wildman–Crippen MR) is 84.0 cm³/mol. The van der Waals surface area contributed by atoms with Crippen molar-refractivity contribution in [2.24, 2.45) is 0 Å². The lowest BCUT2D eigenvalue weighted by atomic mass is 9.89. The summed E-state index contributed by atoms with van der Waals surface area (Å²) in [4.78, 5) is 13.5. The van der Waals surface area contributed by atoms with E-state index in [-0.39, 0.29) is 0 Å². The second-order valence-corrected chi connectivity index (χ2v) is 5.49. The Kier molecular flexibility index (Phi) is 3.91. The summed E-state index contributed by atoms with van der Waals surface area (Å²) in [6.07, 6.45) is 2.13. The highest BCUT2D eigenvalue weighted by Gasteiger charge is 2.23. The molecule has 2 aromatic carbocycles. The lowest BCUT2D eigenvalue weighted by molar-refractivity contribution is 0.0697. The number of carboxylic acids is 1. The zero-order chi connectivity index (χ0) is 14.7. The van der Waals surface area contributed by atoms with Crippen LogP contribution in [0, 0.1) is 0 Å². The summed E-state index contributed by atoms with van der Waals surface area (Å²) >= 11 is 0. The molecule has 0 amide bonds. The van der Waals surface area contributed by atoms with Gasteiger partial charge in [-0.3, -0.25) is 0 Å². The SMILES string of the molecule is O=C(O)c1ccccc1N1CCC(c2ccccc2)CC1. The number of anilines is 1. The summed E-state index contributed by atoms with van der Waals surface area (Å²) in [5.41, 5.74) is 2.64. The maximum atomic E-state index is 11.3. The quantitative estimate of drug-likeness (QED) is 0.931. The Morgan fingerprint density at radius 1 is 0.952 bits per heavy atom. The van der Waals surface area contributed by atoms with Crippen LogP contribution >= 0.6 is 0 Å². The van der Waals surface area contributed by atoms with E-state index < -0.39 is 5.97 Å². The van der Waals surface area contributed by atoms with E-state index in [0.717, 1.165) is 31.6 Å². The third-order valence-electron chi connectivity index (χ3n) is 4.24. The van der Waals surface area contributed by atoms with Gasteiger partial charge >= 0.3 is 5.97 Å². The fourth-order valence-electron chi connectivity index (χ4n) is 3.11. The van der Waals surface area contributed by atoms with Gasteiger partial charge in [-0.1, -0.05) is 42.5 Å². The maximum Gasteiger partial charge on any atom is 0.337 e. The third-order valence-corrected chi connectivity index (χ3v) is 4.24. The molecule has 1 aliphatic heterocycles. The molecule has 0 saturated carbocycles. The minimum Gasteiger partial charge on any atom is -0.478 e. The van der Waals surface area contributed by atoms with Crippen molar-refractivity contribution in [2.45, 2.75) is 18.8 Å². The highest BCUT2D eigenvalue weighted by atomic mass is 16.4. The van der Waals surface area contributed by atoms with Gasteiger partial charge in [0.05, 0.1) is 11.3 Å². The second kappa shape index (κ2) is 6.00. The molecule has 1 aliphatic rings. The molecule has 3 rings (SSSR count). The minimum atomic E-state index is -0.851. The maximum absolute atomic E-state index is 11.3. The highest BCUT2D eigenvalue weighted by molar-refractivity contribution is 5.94. The second-order valence-electron chi connectivity index (χ2n) is 5.49. The number of rotatable bonds is 3. The number of carbonyl (C=O) groups is 1. The summed E-state index contributed by atoms with van der Waals surface area (Å²) in [7, 11) is 0. The van der Waals surface area contributed by atoms with Gasteiger partial charge in [0.2, 0.25) is 0 Å². The first-order valence-electron chi connectivity index (χ1n) is 7.38. The van der Waals surface area contributed by atoms with E-state index in [1.807, 2.05) is 18.2 Å². The van der Waals surface area contributed by atoms with Crippen LogP contribution in [-0.2, 0) is 0 Å². The Balaban J connectivity index is 1.73. The number of para-hydroxylation sites is 1. The Morgan fingerprint density at radius 2 is 1.57 bits per heavy atom. The first-order chi connectivity index (χ1) is 10.3. The summed E-state index contributed by atoms with van der Waals surface area (Å²) in [6, 6.07) is 17.9. The van der Waals surface area contributed by atoms with Gasteiger partial charge in [0.1, 0.15) is 0 Å². The van der Waals surface area contributed by atoms with E-state index in [1.165, 1.54) is 5.56 Å². The molecule has 1 N–H and O–H groups in total. The number of aromatic carboxylic acids is 1. The zero-order valence-electron chi connectivity index (χ0n) is 11.9. The van der Waals surface area contributed by atoms with Crippen molar-refractivity contribution in [3.05, 3.63) is 65.7 Å². The van der Waals surface area contributed by atoms with Crippen LogP contribution in [-0.4, -0.2) is 24.2 Å². The van der Waals surface area contributed by atoms with Gasteiger partial charge in [-0.15, -0.1) is 0 Å². The molecular weight excluding hydrogens is 262 g/mol. The van der Waals surface area contributed by atoms with Crippen molar-refractivity contribution in [3.8, 4) is 0 Å². The topological polar surface area (TPSA) is 40.5 Å². The molecule has 1 heterocycles. The molecule has 0 atom stereocenters. The highest BCUT2D eigenvalue weighted by Crippen LogP contribution is 2.31. The van der Waals surface area contributed by atoms with Crippen molar-refractivity contribution in [1.82, 2.24) is 0 Å². The van der Waals surface area contributed by atoms with Gasteiger partial charge in [-0.05, 0) is 36.5 Å². The molecule has 0 aliphatic carbocycles. The molecule has 1 fully saturated rings. The van der Waals surface area contributed by atoms with Crippen molar-refractivity contribution in [1.29, 1.82) is 0 Å². The fraction of sp³-hybridized carbons (Fsp3) is 0.278. The molecule has 3 heteroatoms. The molecule has 108 valence electrons. The third kappa shape index (κ3) is 2.92. The number of carboxylic acid groups (broad SMARTS) is 1. The number of benzene rings is 2. The van der Waals surface area contributed by atoms with E-state index in [2.05, 4.69) is 29.2 Å². The Hall–Kier alpha value is -2.29. The first-order valence-corrected chi connectivity index (χ1v) is 7.38. The van der Waals surface area contributed by atoms with Gasteiger partial charge in [-0.2, -0.15) is 0 Å². The van der Waals surface area contributed by atoms with E-state index >= 15 is 0 Å². The summed E-state index contributed by atoms with van der Waals surface area (Å²) < 4.78 is 0. The normalized spacial score (nSPS) is 15.9. The molecule has 0 spiro atoms. The number of hydrogen-bond acceptors (Lipinski definition) is 2. The summed E-state index contributed by atoms with van der Waals surface area (Å²) in [6.45, 7) is 1.81. The average Bonchev–Trinajstić information content (AvgIpc) is 2.56. The average molecular weight is 281 g/mol. The number of hydrogen-bond donors (Lipinski definition) is 1. The van der Waals surface area contributed by atoms with Crippen LogP contribution in [0.4, 0.5) is 5.69 Å². The van der Waals surface area contributed by atoms with Crippen LogP contribution in [0.25, 0.3) is 0 Å².